The number of hydrogen-bond donors (Lipinski definition) is 2. The van der Waals surface area contributed by atoms with Gasteiger partial charge in [-0.1, -0.05) is 48.5 Å². The lowest BCUT2D eigenvalue weighted by Gasteiger charge is -2.39. The molecule has 2 amide bonds. The third-order valence-electron chi connectivity index (χ3n) is 7.01. The van der Waals surface area contributed by atoms with Crippen LogP contribution in [0, 0.1) is 5.41 Å². The van der Waals surface area contributed by atoms with Crippen molar-refractivity contribution in [2.45, 2.75) is 31.7 Å². The number of likely N-dealkylation sites (N-methyl/N-ethyl adjacent to an activating group) is 1. The van der Waals surface area contributed by atoms with Gasteiger partial charge in [0, 0.05) is 25.6 Å². The molecule has 2 aromatic carbocycles. The summed E-state index contributed by atoms with van der Waals surface area (Å²) >= 11 is 0. The maximum Gasteiger partial charge on any atom is 0.407 e. The number of piperidine rings is 1. The molecule has 0 radical (unpaired) electrons. The van der Waals surface area contributed by atoms with Gasteiger partial charge >= 0.3 is 12.1 Å². The van der Waals surface area contributed by atoms with Crippen molar-refractivity contribution in [2.75, 3.05) is 40.3 Å². The molecule has 1 aliphatic heterocycles. The number of aliphatic carboxylic acids is 1. The van der Waals surface area contributed by atoms with E-state index in [9.17, 15) is 19.5 Å². The number of hydrogen-bond acceptors (Lipinski definition) is 5. The number of amides is 2. The molecule has 35 heavy (non-hydrogen) atoms. The number of nitrogens with one attached hydrogen (secondary N) is 1. The molecule has 186 valence electrons. The number of fused-ring (bicyclic) bond motifs is 3. The summed E-state index contributed by atoms with van der Waals surface area (Å²) in [5.41, 5.74) is 3.53. The number of alkyl carbamates (subject to hydrolysis) is 1. The van der Waals surface area contributed by atoms with E-state index in [1.165, 1.54) is 0 Å². The van der Waals surface area contributed by atoms with E-state index >= 15 is 0 Å². The second kappa shape index (κ2) is 10.1. The van der Waals surface area contributed by atoms with Gasteiger partial charge in [0.15, 0.2) is 0 Å². The number of carbonyl (C=O) groups excluding carboxylic acids is 2. The highest BCUT2D eigenvalue weighted by Gasteiger charge is 2.41. The lowest BCUT2D eigenvalue weighted by Crippen LogP contribution is -2.57. The Morgan fingerprint density at radius 1 is 1.11 bits per heavy atom. The van der Waals surface area contributed by atoms with E-state index in [4.69, 9.17) is 4.74 Å². The largest absolute Gasteiger partial charge is 0.481 e. The summed E-state index contributed by atoms with van der Waals surface area (Å²) < 4.78 is 5.63. The fraction of sp³-hybridized carbons (Fsp3) is 0.444. The molecule has 0 spiro atoms. The molecule has 8 nitrogen and oxygen atoms in total. The smallest absolute Gasteiger partial charge is 0.407 e. The van der Waals surface area contributed by atoms with Crippen LogP contribution in [0.3, 0.4) is 0 Å². The van der Waals surface area contributed by atoms with Gasteiger partial charge in [-0.25, -0.2) is 4.79 Å². The maximum absolute atomic E-state index is 13.3. The van der Waals surface area contributed by atoms with E-state index in [0.717, 1.165) is 22.3 Å². The highest BCUT2D eigenvalue weighted by Crippen LogP contribution is 2.44. The van der Waals surface area contributed by atoms with Crippen molar-refractivity contribution >= 4 is 18.0 Å². The van der Waals surface area contributed by atoms with Gasteiger partial charge in [-0.15, -0.1) is 0 Å². The van der Waals surface area contributed by atoms with E-state index in [2.05, 4.69) is 29.6 Å². The third kappa shape index (κ3) is 5.17. The molecule has 1 heterocycles. The molecule has 1 unspecified atom stereocenters. The van der Waals surface area contributed by atoms with E-state index < -0.39 is 23.5 Å². The summed E-state index contributed by atoms with van der Waals surface area (Å²) in [5, 5.41) is 12.3. The molecule has 8 heteroatoms. The Balaban J connectivity index is 1.43. The number of nitrogens with zero attached hydrogens (tertiary/aromatic N) is 2. The van der Waals surface area contributed by atoms with Gasteiger partial charge in [-0.2, -0.15) is 0 Å². The lowest BCUT2D eigenvalue weighted by molar-refractivity contribution is -0.154. The average molecular weight is 480 g/mol. The predicted octanol–water partition coefficient (Wildman–Crippen LogP) is 3.17. The molecule has 2 aromatic rings. The van der Waals surface area contributed by atoms with Crippen LogP contribution in [0.2, 0.25) is 0 Å². The van der Waals surface area contributed by atoms with Gasteiger partial charge in [0.25, 0.3) is 0 Å². The SMILES string of the molecule is CN(C)C[C@H](NC(=O)OCC1c2ccccc2-c2ccccc21)C(=O)N1CCCC(C)(C(=O)O)C1. The molecule has 0 aromatic heterocycles. The molecular formula is C27H33N3O5. The summed E-state index contributed by atoms with van der Waals surface area (Å²) in [7, 11) is 3.63. The molecule has 1 aliphatic carbocycles. The summed E-state index contributed by atoms with van der Waals surface area (Å²) in [6, 6.07) is 15.4. The zero-order chi connectivity index (χ0) is 25.2. The van der Waals surface area contributed by atoms with Crippen molar-refractivity contribution in [1.82, 2.24) is 15.1 Å². The van der Waals surface area contributed by atoms with Crippen LogP contribution in [0.4, 0.5) is 4.79 Å². The molecule has 2 N–H and O–H groups in total. The Bertz CT molecular complexity index is 1070. The van der Waals surface area contributed by atoms with Crippen molar-refractivity contribution in [3.63, 3.8) is 0 Å². The standard InChI is InChI=1S/C27H33N3O5/c1-27(25(32)33)13-8-14-30(17-27)24(31)23(15-29(2)3)28-26(34)35-16-22-20-11-6-4-9-18(20)19-10-5-7-12-21(19)22/h4-7,9-12,22-23H,8,13-17H2,1-3H3,(H,28,34)(H,32,33)/t23-,27?/m0/s1. The minimum atomic E-state index is -0.986. The van der Waals surface area contributed by atoms with Gasteiger partial charge in [0.05, 0.1) is 5.41 Å². The molecule has 1 saturated heterocycles. The first kappa shape index (κ1) is 24.7. The van der Waals surface area contributed by atoms with Gasteiger partial charge in [0.1, 0.15) is 12.6 Å². The second-order valence-electron chi connectivity index (χ2n) is 10.0. The van der Waals surface area contributed by atoms with Gasteiger partial charge in [-0.3, -0.25) is 9.59 Å². The molecule has 1 fully saturated rings. The fourth-order valence-corrected chi connectivity index (χ4v) is 5.16. The zero-order valence-electron chi connectivity index (χ0n) is 20.5. The molecular weight excluding hydrogens is 446 g/mol. The highest BCUT2D eigenvalue weighted by atomic mass is 16.5. The normalized spacial score (nSPS) is 20.2. The van der Waals surface area contributed by atoms with Crippen molar-refractivity contribution in [2.24, 2.45) is 5.41 Å². The first-order valence-electron chi connectivity index (χ1n) is 12.0. The van der Waals surface area contributed by atoms with Crippen molar-refractivity contribution in [3.05, 3.63) is 59.7 Å². The first-order valence-corrected chi connectivity index (χ1v) is 12.0. The number of carboxylic acid groups (broad SMARTS) is 1. The number of carboxylic acids is 1. The topological polar surface area (TPSA) is 99.2 Å². The quantitative estimate of drug-likeness (QED) is 0.633. The fourth-order valence-electron chi connectivity index (χ4n) is 5.16. The Labute approximate surface area is 205 Å². The number of rotatable bonds is 7. The second-order valence-corrected chi connectivity index (χ2v) is 10.0. The van der Waals surface area contributed by atoms with Crippen molar-refractivity contribution in [3.8, 4) is 11.1 Å². The van der Waals surface area contributed by atoms with Crippen LogP contribution in [0.15, 0.2) is 48.5 Å². The lowest BCUT2D eigenvalue weighted by atomic mass is 9.82. The van der Waals surface area contributed by atoms with Crippen LogP contribution in [-0.2, 0) is 14.3 Å². The molecule has 4 rings (SSSR count). The summed E-state index contributed by atoms with van der Waals surface area (Å²) in [5.74, 6) is -1.28. The summed E-state index contributed by atoms with van der Waals surface area (Å²) in [4.78, 5) is 41.2. The summed E-state index contributed by atoms with van der Waals surface area (Å²) in [6.07, 6.45) is 0.461. The van der Waals surface area contributed by atoms with Crippen molar-refractivity contribution in [1.29, 1.82) is 0 Å². The molecule has 2 aliphatic rings. The zero-order valence-corrected chi connectivity index (χ0v) is 20.5. The number of benzene rings is 2. The first-order chi connectivity index (χ1) is 16.7. The minimum absolute atomic E-state index is 0.0745. The maximum atomic E-state index is 13.3. The summed E-state index contributed by atoms with van der Waals surface area (Å²) in [6.45, 7) is 2.69. The van der Waals surface area contributed by atoms with E-state index in [1.807, 2.05) is 43.3 Å². The Morgan fingerprint density at radius 2 is 1.71 bits per heavy atom. The van der Waals surface area contributed by atoms with E-state index in [1.54, 1.807) is 11.8 Å². The highest BCUT2D eigenvalue weighted by molar-refractivity contribution is 5.87. The van der Waals surface area contributed by atoms with Crippen LogP contribution >= 0.6 is 0 Å². The minimum Gasteiger partial charge on any atom is -0.481 e. The van der Waals surface area contributed by atoms with Gasteiger partial charge in [-0.05, 0) is 56.1 Å². The third-order valence-corrected chi connectivity index (χ3v) is 7.01. The molecule has 0 saturated carbocycles. The van der Waals surface area contributed by atoms with Gasteiger partial charge < -0.3 is 25.0 Å². The van der Waals surface area contributed by atoms with Crippen LogP contribution in [0.5, 0.6) is 0 Å². The van der Waals surface area contributed by atoms with E-state index in [-0.39, 0.29) is 31.5 Å². The van der Waals surface area contributed by atoms with Crippen LogP contribution in [0.1, 0.15) is 36.8 Å². The van der Waals surface area contributed by atoms with Crippen molar-refractivity contribution < 1.29 is 24.2 Å². The van der Waals surface area contributed by atoms with Crippen LogP contribution in [0.25, 0.3) is 11.1 Å². The number of ether oxygens (including phenoxy) is 1. The van der Waals surface area contributed by atoms with Gasteiger partial charge in [0.2, 0.25) is 5.91 Å². The van der Waals surface area contributed by atoms with Crippen LogP contribution in [-0.4, -0.2) is 79.3 Å². The number of likely N-dealkylation sites (tertiary alicyclic amines) is 1. The Hall–Kier alpha value is -3.39. The predicted molar refractivity (Wildman–Crippen MR) is 132 cm³/mol. The monoisotopic (exact) mass is 479 g/mol. The molecule has 0 bridgehead atoms. The van der Waals surface area contributed by atoms with E-state index in [0.29, 0.717) is 19.4 Å². The average Bonchev–Trinajstić information content (AvgIpc) is 3.15. The Kier molecular flexibility index (Phi) is 7.12. The number of carbonyl (C=O) groups is 3. The molecule has 2 atom stereocenters. The van der Waals surface area contributed by atoms with Crippen LogP contribution < -0.4 is 5.32 Å². The Morgan fingerprint density at radius 3 is 2.29 bits per heavy atom.